The average Bonchev–Trinajstić information content (AvgIpc) is 2.70. The van der Waals surface area contributed by atoms with Crippen molar-refractivity contribution >= 4 is 11.8 Å². The SMILES string of the molecule is Cn1nnnc1Sc1cccc(F)c1CCN. The van der Waals surface area contributed by atoms with Gasteiger partial charge in [-0.3, -0.25) is 0 Å². The van der Waals surface area contributed by atoms with Crippen LogP contribution in [0.4, 0.5) is 4.39 Å². The molecule has 2 N–H and O–H groups in total. The summed E-state index contributed by atoms with van der Waals surface area (Å²) in [6, 6.07) is 4.94. The molecule has 2 rings (SSSR count). The molecular formula is C10H12FN5S. The van der Waals surface area contributed by atoms with Crippen LogP contribution in [0.15, 0.2) is 28.3 Å². The largest absolute Gasteiger partial charge is 0.330 e. The predicted molar refractivity (Wildman–Crippen MR) is 62.1 cm³/mol. The van der Waals surface area contributed by atoms with E-state index in [0.717, 1.165) is 4.90 Å². The minimum absolute atomic E-state index is 0.240. The number of hydrogen-bond donors (Lipinski definition) is 1. The van der Waals surface area contributed by atoms with E-state index in [0.29, 0.717) is 23.7 Å². The van der Waals surface area contributed by atoms with Gasteiger partial charge in [0.05, 0.1) is 0 Å². The number of nitrogens with zero attached hydrogens (tertiary/aromatic N) is 4. The summed E-state index contributed by atoms with van der Waals surface area (Å²) in [5.41, 5.74) is 6.09. The molecule has 0 aliphatic carbocycles. The molecule has 1 heterocycles. The number of rotatable bonds is 4. The minimum Gasteiger partial charge on any atom is -0.330 e. The van der Waals surface area contributed by atoms with Gasteiger partial charge in [0.15, 0.2) is 0 Å². The number of benzene rings is 1. The van der Waals surface area contributed by atoms with Crippen molar-refractivity contribution in [3.05, 3.63) is 29.6 Å². The Morgan fingerprint density at radius 1 is 1.47 bits per heavy atom. The fraction of sp³-hybridized carbons (Fsp3) is 0.300. The summed E-state index contributed by atoms with van der Waals surface area (Å²) < 4.78 is 15.2. The van der Waals surface area contributed by atoms with Gasteiger partial charge < -0.3 is 5.73 Å². The van der Waals surface area contributed by atoms with Gasteiger partial charge >= 0.3 is 0 Å². The van der Waals surface area contributed by atoms with Gasteiger partial charge in [-0.2, -0.15) is 0 Å². The van der Waals surface area contributed by atoms with Crippen LogP contribution >= 0.6 is 11.8 Å². The second kappa shape index (κ2) is 5.24. The highest BCUT2D eigenvalue weighted by molar-refractivity contribution is 7.99. The Morgan fingerprint density at radius 3 is 2.94 bits per heavy atom. The molecule has 0 amide bonds. The Hall–Kier alpha value is -1.47. The number of aromatic nitrogens is 4. The zero-order chi connectivity index (χ0) is 12.3. The molecule has 2 aromatic rings. The number of aryl methyl sites for hydroxylation is 1. The monoisotopic (exact) mass is 253 g/mol. The van der Waals surface area contributed by atoms with Crippen LogP contribution in [0, 0.1) is 5.82 Å². The third kappa shape index (κ3) is 2.62. The highest BCUT2D eigenvalue weighted by Crippen LogP contribution is 2.29. The van der Waals surface area contributed by atoms with Crippen molar-refractivity contribution in [1.82, 2.24) is 20.2 Å². The average molecular weight is 253 g/mol. The van der Waals surface area contributed by atoms with Gasteiger partial charge in [0.1, 0.15) is 5.82 Å². The maximum absolute atomic E-state index is 13.6. The number of hydrogen-bond acceptors (Lipinski definition) is 5. The Balaban J connectivity index is 2.32. The number of nitrogens with two attached hydrogens (primary N) is 1. The van der Waals surface area contributed by atoms with Crippen molar-refractivity contribution < 1.29 is 4.39 Å². The summed E-state index contributed by atoms with van der Waals surface area (Å²) in [5, 5.41) is 11.7. The molecule has 0 fully saturated rings. The minimum atomic E-state index is -0.240. The smallest absolute Gasteiger partial charge is 0.213 e. The maximum atomic E-state index is 13.6. The van der Waals surface area contributed by atoms with Gasteiger partial charge in [-0.1, -0.05) is 6.07 Å². The van der Waals surface area contributed by atoms with Gasteiger partial charge in [-0.15, -0.1) is 5.10 Å². The lowest BCUT2D eigenvalue weighted by molar-refractivity contribution is 0.603. The first-order chi connectivity index (χ1) is 8.22. The van der Waals surface area contributed by atoms with Crippen molar-refractivity contribution in [3.8, 4) is 0 Å². The van der Waals surface area contributed by atoms with Crippen molar-refractivity contribution in [2.45, 2.75) is 16.5 Å². The first-order valence-corrected chi connectivity index (χ1v) is 5.91. The van der Waals surface area contributed by atoms with Crippen LogP contribution in [0.1, 0.15) is 5.56 Å². The highest BCUT2D eigenvalue weighted by Gasteiger charge is 2.12. The molecule has 0 atom stereocenters. The molecule has 7 heteroatoms. The molecule has 0 unspecified atom stereocenters. The van der Waals surface area contributed by atoms with E-state index in [9.17, 15) is 4.39 Å². The molecule has 1 aromatic carbocycles. The molecular weight excluding hydrogens is 241 g/mol. The van der Waals surface area contributed by atoms with Gasteiger partial charge in [-0.25, -0.2) is 9.07 Å². The number of tetrazole rings is 1. The molecule has 0 aliphatic rings. The van der Waals surface area contributed by atoms with E-state index in [4.69, 9.17) is 5.73 Å². The number of halogens is 1. The molecule has 0 aliphatic heterocycles. The van der Waals surface area contributed by atoms with E-state index in [1.165, 1.54) is 17.8 Å². The van der Waals surface area contributed by atoms with Crippen LogP contribution in [-0.4, -0.2) is 26.8 Å². The molecule has 1 aromatic heterocycles. The second-order valence-electron chi connectivity index (χ2n) is 3.44. The topological polar surface area (TPSA) is 69.6 Å². The quantitative estimate of drug-likeness (QED) is 0.880. The fourth-order valence-corrected chi connectivity index (χ4v) is 2.34. The molecule has 17 heavy (non-hydrogen) atoms. The highest BCUT2D eigenvalue weighted by atomic mass is 32.2. The summed E-state index contributed by atoms with van der Waals surface area (Å²) in [6.45, 7) is 0.408. The van der Waals surface area contributed by atoms with E-state index >= 15 is 0 Å². The first kappa shape index (κ1) is 12.0. The Bertz CT molecular complexity index is 513. The second-order valence-corrected chi connectivity index (χ2v) is 4.45. The maximum Gasteiger partial charge on any atom is 0.213 e. The van der Waals surface area contributed by atoms with Gasteiger partial charge in [0.2, 0.25) is 5.16 Å². The molecule has 0 spiro atoms. The Kier molecular flexibility index (Phi) is 3.70. The van der Waals surface area contributed by atoms with Crippen LogP contribution in [-0.2, 0) is 13.5 Å². The van der Waals surface area contributed by atoms with Crippen LogP contribution in [0.5, 0.6) is 0 Å². The molecule has 0 bridgehead atoms. The Labute approximate surface area is 102 Å². The van der Waals surface area contributed by atoms with Crippen LogP contribution in [0.2, 0.25) is 0 Å². The normalized spacial score (nSPS) is 10.8. The molecule has 5 nitrogen and oxygen atoms in total. The molecule has 90 valence electrons. The summed E-state index contributed by atoms with van der Waals surface area (Å²) in [4.78, 5) is 0.799. The molecule has 0 radical (unpaired) electrons. The van der Waals surface area contributed by atoms with Crippen LogP contribution in [0.25, 0.3) is 0 Å². The van der Waals surface area contributed by atoms with Gasteiger partial charge in [-0.05, 0) is 47.3 Å². The third-order valence-corrected chi connectivity index (χ3v) is 3.38. The van der Waals surface area contributed by atoms with E-state index in [-0.39, 0.29) is 5.82 Å². The van der Waals surface area contributed by atoms with Crippen LogP contribution < -0.4 is 5.73 Å². The molecule has 0 saturated carbocycles. The lowest BCUT2D eigenvalue weighted by atomic mass is 10.1. The van der Waals surface area contributed by atoms with Crippen LogP contribution in [0.3, 0.4) is 0 Å². The molecule has 0 saturated heterocycles. The summed E-state index contributed by atoms with van der Waals surface area (Å²) in [6.07, 6.45) is 0.500. The van der Waals surface area contributed by atoms with Gasteiger partial charge in [0, 0.05) is 17.5 Å². The summed E-state index contributed by atoms with van der Waals surface area (Å²) in [7, 11) is 1.74. The third-order valence-electron chi connectivity index (χ3n) is 2.25. The zero-order valence-electron chi connectivity index (χ0n) is 9.30. The lowest BCUT2D eigenvalue weighted by Gasteiger charge is -2.08. The van der Waals surface area contributed by atoms with Crippen molar-refractivity contribution in [3.63, 3.8) is 0 Å². The predicted octanol–water partition coefficient (Wildman–Crippen LogP) is 1.00. The van der Waals surface area contributed by atoms with Crippen molar-refractivity contribution in [2.24, 2.45) is 12.8 Å². The first-order valence-electron chi connectivity index (χ1n) is 5.10. The summed E-state index contributed by atoms with van der Waals surface area (Å²) >= 11 is 1.33. The summed E-state index contributed by atoms with van der Waals surface area (Å²) in [5.74, 6) is -0.240. The lowest BCUT2D eigenvalue weighted by Crippen LogP contribution is -2.06. The van der Waals surface area contributed by atoms with E-state index < -0.39 is 0 Å². The van der Waals surface area contributed by atoms with E-state index in [2.05, 4.69) is 15.5 Å². The Morgan fingerprint density at radius 2 is 2.29 bits per heavy atom. The van der Waals surface area contributed by atoms with E-state index in [1.54, 1.807) is 17.8 Å². The fourth-order valence-electron chi connectivity index (χ4n) is 1.43. The zero-order valence-corrected chi connectivity index (χ0v) is 10.1. The van der Waals surface area contributed by atoms with Crippen molar-refractivity contribution in [1.29, 1.82) is 0 Å². The van der Waals surface area contributed by atoms with E-state index in [1.807, 2.05) is 6.07 Å². The van der Waals surface area contributed by atoms with Gasteiger partial charge in [0.25, 0.3) is 0 Å². The standard InChI is InChI=1S/C10H12FN5S/c1-16-10(13-14-15-16)17-9-4-2-3-8(11)7(9)5-6-12/h2-4H,5-6,12H2,1H3. The van der Waals surface area contributed by atoms with Crippen molar-refractivity contribution in [2.75, 3.05) is 6.54 Å².